The number of anilines is 1. The smallest absolute Gasteiger partial charge is 0.182 e. The molecule has 0 aliphatic heterocycles. The van der Waals surface area contributed by atoms with Gasteiger partial charge in [-0.15, -0.1) is 0 Å². The zero-order valence-corrected chi connectivity index (χ0v) is 9.72. The Balaban J connectivity index is 1.72. The second-order valence-corrected chi connectivity index (χ2v) is 4.07. The summed E-state index contributed by atoms with van der Waals surface area (Å²) in [5.74, 6) is 0.532. The standard InChI is InChI=1S/C12H16N4O/c13-9-11-12(15-6-5-14-11)16-7-8-17-10-3-1-2-4-10/h5-6,10H,1-4,7-8H2,(H,15,16). The third-order valence-electron chi connectivity index (χ3n) is 2.85. The van der Waals surface area contributed by atoms with Crippen molar-refractivity contribution in [3.63, 3.8) is 0 Å². The maximum absolute atomic E-state index is 8.82. The van der Waals surface area contributed by atoms with Crippen molar-refractivity contribution >= 4 is 5.82 Å². The van der Waals surface area contributed by atoms with Crippen LogP contribution in [0.4, 0.5) is 5.82 Å². The number of nitrogens with one attached hydrogen (secondary N) is 1. The van der Waals surface area contributed by atoms with E-state index in [2.05, 4.69) is 15.3 Å². The van der Waals surface area contributed by atoms with Gasteiger partial charge in [0, 0.05) is 18.9 Å². The second-order valence-electron chi connectivity index (χ2n) is 4.07. The van der Waals surface area contributed by atoms with Crippen LogP contribution in [0.2, 0.25) is 0 Å². The van der Waals surface area contributed by atoms with E-state index in [0.717, 1.165) is 0 Å². The predicted octanol–water partition coefficient (Wildman–Crippen LogP) is 1.72. The van der Waals surface area contributed by atoms with Crippen molar-refractivity contribution < 1.29 is 4.74 Å². The minimum Gasteiger partial charge on any atom is -0.376 e. The van der Waals surface area contributed by atoms with Crippen LogP contribution in [0.1, 0.15) is 31.4 Å². The largest absolute Gasteiger partial charge is 0.376 e. The molecule has 2 rings (SSSR count). The summed E-state index contributed by atoms with van der Waals surface area (Å²) in [6, 6.07) is 2.00. The molecule has 0 atom stereocenters. The van der Waals surface area contributed by atoms with Crippen LogP contribution in [0.5, 0.6) is 0 Å². The Hall–Kier alpha value is -1.67. The van der Waals surface area contributed by atoms with Gasteiger partial charge in [0.1, 0.15) is 6.07 Å². The molecule has 1 aliphatic carbocycles. The van der Waals surface area contributed by atoms with E-state index in [1.807, 2.05) is 6.07 Å². The van der Waals surface area contributed by atoms with Crippen LogP contribution < -0.4 is 5.32 Å². The van der Waals surface area contributed by atoms with Crippen molar-refractivity contribution in [1.29, 1.82) is 5.26 Å². The Morgan fingerprint density at radius 2 is 2.12 bits per heavy atom. The van der Waals surface area contributed by atoms with Crippen LogP contribution in [0.3, 0.4) is 0 Å². The van der Waals surface area contributed by atoms with Gasteiger partial charge in [-0.1, -0.05) is 12.8 Å². The van der Waals surface area contributed by atoms with Crippen molar-refractivity contribution in [2.45, 2.75) is 31.8 Å². The molecule has 0 unspecified atom stereocenters. The molecule has 1 N–H and O–H groups in total. The number of nitriles is 1. The van der Waals surface area contributed by atoms with E-state index in [1.54, 1.807) is 6.20 Å². The first-order chi connectivity index (χ1) is 8.40. The van der Waals surface area contributed by atoms with Gasteiger partial charge in [0.05, 0.1) is 12.7 Å². The summed E-state index contributed by atoms with van der Waals surface area (Å²) >= 11 is 0. The molecule has 1 saturated carbocycles. The number of ether oxygens (including phenoxy) is 1. The fraction of sp³-hybridized carbons (Fsp3) is 0.583. The van der Waals surface area contributed by atoms with Gasteiger partial charge in [-0.05, 0) is 12.8 Å². The van der Waals surface area contributed by atoms with Gasteiger partial charge >= 0.3 is 0 Å². The van der Waals surface area contributed by atoms with Gasteiger partial charge in [-0.2, -0.15) is 5.26 Å². The summed E-state index contributed by atoms with van der Waals surface area (Å²) in [4.78, 5) is 7.99. The predicted molar refractivity (Wildman–Crippen MR) is 63.4 cm³/mol. The van der Waals surface area contributed by atoms with Crippen molar-refractivity contribution in [2.24, 2.45) is 0 Å². The van der Waals surface area contributed by atoms with Gasteiger partial charge in [-0.3, -0.25) is 0 Å². The van der Waals surface area contributed by atoms with Crippen molar-refractivity contribution in [1.82, 2.24) is 9.97 Å². The maximum Gasteiger partial charge on any atom is 0.182 e. The molecule has 0 amide bonds. The first-order valence-corrected chi connectivity index (χ1v) is 5.96. The molecule has 17 heavy (non-hydrogen) atoms. The average molecular weight is 232 g/mol. The average Bonchev–Trinajstić information content (AvgIpc) is 2.88. The number of hydrogen-bond acceptors (Lipinski definition) is 5. The second kappa shape index (κ2) is 6.16. The Bertz CT molecular complexity index is 396. The van der Waals surface area contributed by atoms with E-state index < -0.39 is 0 Å². The topological polar surface area (TPSA) is 70.8 Å². The van der Waals surface area contributed by atoms with Crippen molar-refractivity contribution in [3.05, 3.63) is 18.1 Å². The third kappa shape index (κ3) is 3.40. The normalized spacial score (nSPS) is 15.7. The summed E-state index contributed by atoms with van der Waals surface area (Å²) in [5, 5.41) is 11.9. The lowest BCUT2D eigenvalue weighted by molar-refractivity contribution is 0.0658. The molecule has 1 aromatic rings. The SMILES string of the molecule is N#Cc1nccnc1NCCOC1CCCC1. The molecular weight excluding hydrogens is 216 g/mol. The van der Waals surface area contributed by atoms with Gasteiger partial charge in [-0.25, -0.2) is 9.97 Å². The molecule has 90 valence electrons. The lowest BCUT2D eigenvalue weighted by atomic mass is 10.3. The molecule has 0 saturated heterocycles. The van der Waals surface area contributed by atoms with E-state index in [1.165, 1.54) is 31.9 Å². The summed E-state index contributed by atoms with van der Waals surface area (Å²) < 4.78 is 5.70. The monoisotopic (exact) mass is 232 g/mol. The van der Waals surface area contributed by atoms with Gasteiger partial charge in [0.15, 0.2) is 11.5 Å². The molecule has 0 bridgehead atoms. The van der Waals surface area contributed by atoms with E-state index in [9.17, 15) is 0 Å². The van der Waals surface area contributed by atoms with Crippen LogP contribution >= 0.6 is 0 Å². The van der Waals surface area contributed by atoms with E-state index in [0.29, 0.717) is 30.8 Å². The summed E-state index contributed by atoms with van der Waals surface area (Å²) in [6.07, 6.45) is 8.42. The minimum atomic E-state index is 0.327. The molecular formula is C12H16N4O. The number of nitrogens with zero attached hydrogens (tertiary/aromatic N) is 3. The zero-order valence-electron chi connectivity index (χ0n) is 9.72. The van der Waals surface area contributed by atoms with Crippen LogP contribution in [-0.4, -0.2) is 29.2 Å². The molecule has 0 spiro atoms. The number of rotatable bonds is 5. The highest BCUT2D eigenvalue weighted by molar-refractivity contribution is 5.46. The molecule has 1 fully saturated rings. The Morgan fingerprint density at radius 3 is 2.88 bits per heavy atom. The fourth-order valence-electron chi connectivity index (χ4n) is 2.00. The van der Waals surface area contributed by atoms with E-state index in [-0.39, 0.29) is 0 Å². The van der Waals surface area contributed by atoms with Crippen LogP contribution in [0.15, 0.2) is 12.4 Å². The molecule has 1 heterocycles. The maximum atomic E-state index is 8.82. The Morgan fingerprint density at radius 1 is 1.35 bits per heavy atom. The van der Waals surface area contributed by atoms with Crippen LogP contribution in [0.25, 0.3) is 0 Å². The zero-order chi connectivity index (χ0) is 11.9. The molecule has 5 heteroatoms. The van der Waals surface area contributed by atoms with Crippen LogP contribution in [0, 0.1) is 11.3 Å². The quantitative estimate of drug-likeness (QED) is 0.783. The van der Waals surface area contributed by atoms with Crippen molar-refractivity contribution in [3.8, 4) is 6.07 Å². The fourth-order valence-corrected chi connectivity index (χ4v) is 2.00. The van der Waals surface area contributed by atoms with E-state index in [4.69, 9.17) is 10.00 Å². The van der Waals surface area contributed by atoms with Gasteiger partial charge in [0.2, 0.25) is 0 Å². The van der Waals surface area contributed by atoms with E-state index >= 15 is 0 Å². The third-order valence-corrected chi connectivity index (χ3v) is 2.85. The summed E-state index contributed by atoms with van der Waals surface area (Å²) in [6.45, 7) is 1.30. The summed E-state index contributed by atoms with van der Waals surface area (Å²) in [5.41, 5.74) is 0.327. The molecule has 1 aliphatic rings. The minimum absolute atomic E-state index is 0.327. The Labute approximate surface area is 101 Å². The Kier molecular flexibility index (Phi) is 4.28. The summed E-state index contributed by atoms with van der Waals surface area (Å²) in [7, 11) is 0. The highest BCUT2D eigenvalue weighted by Crippen LogP contribution is 2.20. The first kappa shape index (κ1) is 11.8. The lowest BCUT2D eigenvalue weighted by Crippen LogP contribution is -2.16. The molecule has 1 aromatic heterocycles. The van der Waals surface area contributed by atoms with Gasteiger partial charge < -0.3 is 10.1 Å². The number of hydrogen-bond donors (Lipinski definition) is 1. The van der Waals surface area contributed by atoms with Gasteiger partial charge in [0.25, 0.3) is 0 Å². The molecule has 0 radical (unpaired) electrons. The lowest BCUT2D eigenvalue weighted by Gasteiger charge is -2.11. The highest BCUT2D eigenvalue weighted by atomic mass is 16.5. The number of aromatic nitrogens is 2. The highest BCUT2D eigenvalue weighted by Gasteiger charge is 2.14. The first-order valence-electron chi connectivity index (χ1n) is 5.96. The van der Waals surface area contributed by atoms with Crippen LogP contribution in [-0.2, 0) is 4.74 Å². The molecule has 5 nitrogen and oxygen atoms in total. The van der Waals surface area contributed by atoms with Crippen molar-refractivity contribution in [2.75, 3.05) is 18.5 Å². The molecule has 0 aromatic carbocycles.